The van der Waals surface area contributed by atoms with E-state index in [4.69, 9.17) is 9.72 Å². The Labute approximate surface area is 161 Å². The Morgan fingerprint density at radius 1 is 1.21 bits per heavy atom. The number of aliphatic hydroxyl groups excluding tert-OH is 1. The van der Waals surface area contributed by atoms with Crippen LogP contribution in [0.3, 0.4) is 0 Å². The van der Waals surface area contributed by atoms with E-state index in [1.807, 2.05) is 6.07 Å². The summed E-state index contributed by atoms with van der Waals surface area (Å²) >= 11 is 0. The second kappa shape index (κ2) is 7.87. The van der Waals surface area contributed by atoms with Crippen LogP contribution in [-0.2, 0) is 9.53 Å². The number of hydrogen-bond acceptors (Lipinski definition) is 8. The van der Waals surface area contributed by atoms with Crippen molar-refractivity contribution in [3.05, 3.63) is 42.1 Å². The molecular formula is C20H20N4O4. The fourth-order valence-electron chi connectivity index (χ4n) is 3.22. The summed E-state index contributed by atoms with van der Waals surface area (Å²) in [6, 6.07) is 8.50. The lowest BCUT2D eigenvalue weighted by molar-refractivity contribution is -0.109. The van der Waals surface area contributed by atoms with Gasteiger partial charge in [-0.2, -0.15) is 0 Å². The Morgan fingerprint density at radius 3 is 2.75 bits per heavy atom. The van der Waals surface area contributed by atoms with Crippen LogP contribution in [0.5, 0.6) is 5.75 Å². The number of ether oxygens (including phenoxy) is 1. The number of aliphatic hydroxyl groups is 1. The molecule has 1 saturated heterocycles. The third-order valence-electron chi connectivity index (χ3n) is 4.74. The number of rotatable bonds is 5. The average molecular weight is 380 g/mol. The smallest absolute Gasteiger partial charge is 0.162 e. The number of carbonyl (C=O) groups excluding carboxylic acids is 1. The van der Waals surface area contributed by atoms with Crippen molar-refractivity contribution in [1.29, 1.82) is 0 Å². The van der Waals surface area contributed by atoms with Crippen LogP contribution in [0.2, 0.25) is 0 Å². The second-order valence-corrected chi connectivity index (χ2v) is 6.58. The first-order valence-corrected chi connectivity index (χ1v) is 9.05. The minimum absolute atomic E-state index is 0.127. The lowest BCUT2D eigenvalue weighted by Crippen LogP contribution is -2.37. The monoisotopic (exact) mass is 380 g/mol. The summed E-state index contributed by atoms with van der Waals surface area (Å²) in [5.41, 5.74) is 2.47. The van der Waals surface area contributed by atoms with Gasteiger partial charge in [-0.1, -0.05) is 12.1 Å². The van der Waals surface area contributed by atoms with Crippen LogP contribution in [0.4, 0.5) is 5.82 Å². The van der Waals surface area contributed by atoms with Crippen LogP contribution in [0.25, 0.3) is 22.4 Å². The predicted molar refractivity (Wildman–Crippen MR) is 103 cm³/mol. The standard InChI is InChI=1S/C20H20N4O4/c25-11-15(12-26)14-9-17-18(21-10-14)20(24-4-6-28-7-5-24)23-19(22-17)13-2-1-3-16(27)8-13/h1-3,8-11,15,26-27H,4-7,12H2. The molecule has 144 valence electrons. The molecule has 0 radical (unpaired) electrons. The third-order valence-corrected chi connectivity index (χ3v) is 4.74. The predicted octanol–water partition coefficient (Wildman–Crippen LogP) is 1.51. The van der Waals surface area contributed by atoms with Gasteiger partial charge < -0.3 is 24.6 Å². The van der Waals surface area contributed by atoms with E-state index < -0.39 is 5.92 Å². The number of aromatic nitrogens is 3. The first-order valence-electron chi connectivity index (χ1n) is 9.05. The van der Waals surface area contributed by atoms with Crippen molar-refractivity contribution in [2.45, 2.75) is 5.92 Å². The zero-order valence-corrected chi connectivity index (χ0v) is 15.2. The lowest BCUT2D eigenvalue weighted by atomic mass is 10.0. The molecule has 8 nitrogen and oxygen atoms in total. The number of morpholine rings is 1. The number of pyridine rings is 1. The molecule has 3 aromatic rings. The Balaban J connectivity index is 1.90. The number of aldehydes is 1. The van der Waals surface area contributed by atoms with Gasteiger partial charge >= 0.3 is 0 Å². The van der Waals surface area contributed by atoms with Crippen LogP contribution in [0.1, 0.15) is 11.5 Å². The number of aromatic hydroxyl groups is 1. The molecule has 8 heteroatoms. The van der Waals surface area contributed by atoms with Crippen molar-refractivity contribution in [3.63, 3.8) is 0 Å². The van der Waals surface area contributed by atoms with Crippen molar-refractivity contribution >= 4 is 23.1 Å². The average Bonchev–Trinajstić information content (AvgIpc) is 2.74. The molecular weight excluding hydrogens is 360 g/mol. The summed E-state index contributed by atoms with van der Waals surface area (Å²) in [6.45, 7) is 2.27. The maximum absolute atomic E-state index is 11.2. The van der Waals surface area contributed by atoms with E-state index in [1.54, 1.807) is 30.5 Å². The SMILES string of the molecule is O=CC(CO)c1cnc2c(N3CCOCC3)nc(-c3cccc(O)c3)nc2c1. The van der Waals surface area contributed by atoms with Gasteiger partial charge in [0.1, 0.15) is 17.6 Å². The van der Waals surface area contributed by atoms with Crippen LogP contribution < -0.4 is 4.90 Å². The van der Waals surface area contributed by atoms with Crippen molar-refractivity contribution in [2.24, 2.45) is 0 Å². The molecule has 0 saturated carbocycles. The minimum Gasteiger partial charge on any atom is -0.508 e. The molecule has 1 aliphatic rings. The molecule has 1 aromatic carbocycles. The number of benzene rings is 1. The van der Waals surface area contributed by atoms with E-state index in [0.717, 1.165) is 0 Å². The normalized spacial score (nSPS) is 15.5. The summed E-state index contributed by atoms with van der Waals surface area (Å²) < 4.78 is 5.44. The van der Waals surface area contributed by atoms with E-state index in [2.05, 4.69) is 14.9 Å². The number of nitrogens with zero attached hydrogens (tertiary/aromatic N) is 4. The molecule has 1 atom stereocenters. The molecule has 1 fully saturated rings. The molecule has 3 heterocycles. The molecule has 0 aliphatic carbocycles. The maximum atomic E-state index is 11.2. The van der Waals surface area contributed by atoms with E-state index in [-0.39, 0.29) is 12.4 Å². The van der Waals surface area contributed by atoms with Gasteiger partial charge in [0.05, 0.1) is 31.3 Å². The van der Waals surface area contributed by atoms with Gasteiger partial charge in [0, 0.05) is 24.8 Å². The van der Waals surface area contributed by atoms with Gasteiger partial charge in [-0.25, -0.2) is 9.97 Å². The maximum Gasteiger partial charge on any atom is 0.162 e. The largest absolute Gasteiger partial charge is 0.508 e. The first-order chi connectivity index (χ1) is 13.7. The highest BCUT2D eigenvalue weighted by Gasteiger charge is 2.20. The molecule has 1 unspecified atom stereocenters. The molecule has 0 amide bonds. The molecule has 0 bridgehead atoms. The van der Waals surface area contributed by atoms with Crippen LogP contribution in [0, 0.1) is 0 Å². The topological polar surface area (TPSA) is 109 Å². The summed E-state index contributed by atoms with van der Waals surface area (Å²) in [5.74, 6) is 0.616. The molecule has 28 heavy (non-hydrogen) atoms. The Morgan fingerprint density at radius 2 is 2.04 bits per heavy atom. The van der Waals surface area contributed by atoms with Crippen molar-refractivity contribution in [1.82, 2.24) is 15.0 Å². The summed E-state index contributed by atoms with van der Waals surface area (Å²) in [7, 11) is 0. The van der Waals surface area contributed by atoms with Gasteiger partial charge in [-0.05, 0) is 23.8 Å². The quantitative estimate of drug-likeness (QED) is 0.641. The van der Waals surface area contributed by atoms with E-state index in [0.29, 0.717) is 66.4 Å². The second-order valence-electron chi connectivity index (χ2n) is 6.58. The number of phenolic OH excluding ortho intramolecular Hbond substituents is 1. The molecule has 1 aliphatic heterocycles. The molecule has 4 rings (SSSR count). The van der Waals surface area contributed by atoms with E-state index in [9.17, 15) is 15.0 Å². The van der Waals surface area contributed by atoms with Gasteiger partial charge in [-0.3, -0.25) is 4.98 Å². The van der Waals surface area contributed by atoms with Crippen molar-refractivity contribution < 1.29 is 19.7 Å². The highest BCUT2D eigenvalue weighted by molar-refractivity contribution is 5.88. The highest BCUT2D eigenvalue weighted by atomic mass is 16.5. The highest BCUT2D eigenvalue weighted by Crippen LogP contribution is 2.29. The van der Waals surface area contributed by atoms with Crippen molar-refractivity contribution in [3.8, 4) is 17.1 Å². The number of carbonyl (C=O) groups is 1. The van der Waals surface area contributed by atoms with E-state index in [1.165, 1.54) is 0 Å². The fraction of sp³-hybridized carbons (Fsp3) is 0.300. The Kier molecular flexibility index (Phi) is 5.14. The summed E-state index contributed by atoms with van der Waals surface area (Å²) in [5, 5.41) is 19.3. The minimum atomic E-state index is -0.650. The summed E-state index contributed by atoms with van der Waals surface area (Å²) in [6.07, 6.45) is 2.28. The number of anilines is 1. The van der Waals surface area contributed by atoms with Gasteiger partial charge in [0.25, 0.3) is 0 Å². The Hall–Kier alpha value is -3.10. The molecule has 0 spiro atoms. The molecule has 2 aromatic heterocycles. The van der Waals surface area contributed by atoms with Crippen LogP contribution >= 0.6 is 0 Å². The zero-order chi connectivity index (χ0) is 19.5. The van der Waals surface area contributed by atoms with Crippen molar-refractivity contribution in [2.75, 3.05) is 37.8 Å². The van der Waals surface area contributed by atoms with Gasteiger partial charge in [0.15, 0.2) is 11.6 Å². The summed E-state index contributed by atoms with van der Waals surface area (Å²) in [4.78, 5) is 27.2. The van der Waals surface area contributed by atoms with Crippen LogP contribution in [-0.4, -0.2) is 64.4 Å². The number of fused-ring (bicyclic) bond motifs is 1. The lowest BCUT2D eigenvalue weighted by Gasteiger charge is -2.28. The fourth-order valence-corrected chi connectivity index (χ4v) is 3.22. The first kappa shape index (κ1) is 18.3. The number of hydrogen-bond donors (Lipinski definition) is 2. The Bertz CT molecular complexity index is 1000. The third kappa shape index (κ3) is 3.51. The van der Waals surface area contributed by atoms with Gasteiger partial charge in [0.2, 0.25) is 0 Å². The van der Waals surface area contributed by atoms with E-state index >= 15 is 0 Å². The zero-order valence-electron chi connectivity index (χ0n) is 15.2. The number of phenols is 1. The van der Waals surface area contributed by atoms with Crippen LogP contribution in [0.15, 0.2) is 36.5 Å². The molecule has 2 N–H and O–H groups in total. The van der Waals surface area contributed by atoms with Gasteiger partial charge in [-0.15, -0.1) is 0 Å².